The van der Waals surface area contributed by atoms with E-state index in [1.807, 2.05) is 61.5 Å². The van der Waals surface area contributed by atoms with Crippen LogP contribution in [0.15, 0.2) is 59.7 Å². The van der Waals surface area contributed by atoms with E-state index < -0.39 is 12.3 Å². The van der Waals surface area contributed by atoms with Crippen LogP contribution in [0.5, 0.6) is 5.75 Å². The zero-order valence-corrected chi connectivity index (χ0v) is 19.2. The van der Waals surface area contributed by atoms with E-state index in [4.69, 9.17) is 4.74 Å². The largest absolute Gasteiger partial charge is 0.497 e. The lowest BCUT2D eigenvalue weighted by molar-refractivity contribution is -0.117. The van der Waals surface area contributed by atoms with Crippen LogP contribution in [0, 0.1) is 6.92 Å². The first-order valence-electron chi connectivity index (χ1n) is 11.3. The van der Waals surface area contributed by atoms with E-state index in [2.05, 4.69) is 0 Å². The van der Waals surface area contributed by atoms with Gasteiger partial charge in [0.15, 0.2) is 11.6 Å². The third kappa shape index (κ3) is 7.48. The molecule has 2 fully saturated rings. The molecule has 2 saturated carbocycles. The molecule has 0 spiro atoms. The molecule has 4 rings (SSSR count). The maximum atomic E-state index is 13.2. The first-order chi connectivity index (χ1) is 15.8. The Morgan fingerprint density at radius 1 is 0.758 bits per heavy atom. The summed E-state index contributed by atoms with van der Waals surface area (Å²) in [6.07, 6.45) is 3.77. The van der Waals surface area contributed by atoms with E-state index in [0.29, 0.717) is 36.8 Å². The molecular weight excluding hydrogens is 422 g/mol. The minimum atomic E-state index is -0.878. The van der Waals surface area contributed by atoms with Crippen molar-refractivity contribution in [1.29, 1.82) is 0 Å². The Morgan fingerprint density at radius 2 is 1.18 bits per heavy atom. The molecule has 3 nitrogen and oxygen atoms in total. The number of ketones is 2. The highest BCUT2D eigenvalue weighted by Crippen LogP contribution is 2.26. The maximum absolute atomic E-state index is 13.2. The lowest BCUT2D eigenvalue weighted by atomic mass is 9.91. The number of rotatable bonds is 3. The fourth-order valence-electron chi connectivity index (χ4n) is 3.85. The smallest absolute Gasteiger partial charge is 0.159 e. The summed E-state index contributed by atoms with van der Waals surface area (Å²) in [4.78, 5) is 23.2. The molecule has 2 aliphatic rings. The van der Waals surface area contributed by atoms with Gasteiger partial charge in [0.05, 0.1) is 7.11 Å². The van der Waals surface area contributed by atoms with Gasteiger partial charge in [-0.15, -0.1) is 0 Å². The van der Waals surface area contributed by atoms with E-state index in [9.17, 15) is 18.4 Å². The average molecular weight is 453 g/mol. The molecule has 33 heavy (non-hydrogen) atoms. The average Bonchev–Trinajstić information content (AvgIpc) is 2.81. The number of aryl methyl sites for hydroxylation is 1. The van der Waals surface area contributed by atoms with Gasteiger partial charge in [-0.1, -0.05) is 42.0 Å². The number of hydrogen-bond acceptors (Lipinski definition) is 3. The maximum Gasteiger partial charge on any atom is 0.159 e. The van der Waals surface area contributed by atoms with Gasteiger partial charge >= 0.3 is 0 Å². The van der Waals surface area contributed by atoms with Crippen molar-refractivity contribution in [3.8, 4) is 5.75 Å². The fourth-order valence-corrected chi connectivity index (χ4v) is 3.85. The summed E-state index contributed by atoms with van der Waals surface area (Å²) in [6, 6.07) is 15.3. The molecule has 0 aliphatic heterocycles. The van der Waals surface area contributed by atoms with Gasteiger partial charge in [-0.3, -0.25) is 9.59 Å². The van der Waals surface area contributed by atoms with Gasteiger partial charge in [-0.25, -0.2) is 8.78 Å². The minimum absolute atomic E-state index is 0.0646. The summed E-state index contributed by atoms with van der Waals surface area (Å²) in [6.45, 7) is 2.01. The molecule has 0 heterocycles. The number of Topliss-reactive ketones (excluding diaryl/α,β-unsaturated/α-hetero) is 2. The number of ether oxygens (including phenoxy) is 1. The summed E-state index contributed by atoms with van der Waals surface area (Å²) >= 11 is 0. The molecule has 174 valence electrons. The zero-order valence-electron chi connectivity index (χ0n) is 19.2. The molecule has 0 bridgehead atoms. The van der Waals surface area contributed by atoms with Crippen LogP contribution in [0.2, 0.25) is 0 Å². The minimum Gasteiger partial charge on any atom is -0.497 e. The quantitative estimate of drug-likeness (QED) is 0.491. The van der Waals surface area contributed by atoms with Crippen molar-refractivity contribution >= 4 is 23.7 Å². The highest BCUT2D eigenvalue weighted by atomic mass is 19.1. The first kappa shape index (κ1) is 24.6. The molecule has 2 aromatic carbocycles. The number of alkyl halides is 2. The zero-order chi connectivity index (χ0) is 23.8. The Morgan fingerprint density at radius 3 is 1.61 bits per heavy atom. The van der Waals surface area contributed by atoms with Crippen LogP contribution >= 0.6 is 0 Å². The molecule has 0 N–H and O–H groups in total. The molecular formula is C28H30F2O3. The summed E-state index contributed by atoms with van der Waals surface area (Å²) in [5.74, 6) is 0.926. The molecule has 0 amide bonds. The van der Waals surface area contributed by atoms with Crippen molar-refractivity contribution in [2.75, 3.05) is 7.11 Å². The molecule has 0 aromatic heterocycles. The second-order valence-corrected chi connectivity index (χ2v) is 8.55. The SMILES string of the molecule is COc1ccc(C=C2CC(F)CCC2=O)cc1.Cc1ccc(C=C2CC(F)CCC2=O)cc1. The van der Waals surface area contributed by atoms with Crippen LogP contribution in [0.1, 0.15) is 55.2 Å². The van der Waals surface area contributed by atoms with Crippen molar-refractivity contribution in [2.45, 2.75) is 57.8 Å². The van der Waals surface area contributed by atoms with Gasteiger partial charge in [-0.05, 0) is 66.3 Å². The molecule has 2 atom stereocenters. The number of hydrogen-bond donors (Lipinski definition) is 0. The van der Waals surface area contributed by atoms with Crippen LogP contribution in [-0.2, 0) is 9.59 Å². The van der Waals surface area contributed by atoms with Gasteiger partial charge in [0.2, 0.25) is 0 Å². The number of halogens is 2. The van der Waals surface area contributed by atoms with Crippen molar-refractivity contribution < 1.29 is 23.1 Å². The molecule has 2 unspecified atom stereocenters. The Kier molecular flexibility index (Phi) is 8.70. The van der Waals surface area contributed by atoms with Crippen molar-refractivity contribution in [3.05, 3.63) is 76.4 Å². The lowest BCUT2D eigenvalue weighted by Gasteiger charge is -2.16. The van der Waals surface area contributed by atoms with Crippen LogP contribution in [0.25, 0.3) is 12.2 Å². The number of methoxy groups -OCH3 is 1. The Bertz CT molecular complexity index is 1020. The molecule has 5 heteroatoms. The number of carbonyl (C=O) groups is 2. The van der Waals surface area contributed by atoms with E-state index in [0.717, 1.165) is 16.9 Å². The summed E-state index contributed by atoms with van der Waals surface area (Å²) < 4.78 is 31.4. The molecule has 2 aliphatic carbocycles. The second kappa shape index (κ2) is 11.7. The van der Waals surface area contributed by atoms with E-state index in [1.54, 1.807) is 13.2 Å². The summed E-state index contributed by atoms with van der Waals surface area (Å²) in [5, 5.41) is 0. The molecule has 0 saturated heterocycles. The van der Waals surface area contributed by atoms with Gasteiger partial charge in [0.25, 0.3) is 0 Å². The first-order valence-corrected chi connectivity index (χ1v) is 11.3. The third-order valence-corrected chi connectivity index (χ3v) is 5.84. The van der Waals surface area contributed by atoms with E-state index in [-0.39, 0.29) is 24.4 Å². The predicted octanol–water partition coefficient (Wildman–Crippen LogP) is 6.64. The summed E-state index contributed by atoms with van der Waals surface area (Å²) in [5.41, 5.74) is 4.28. The van der Waals surface area contributed by atoms with Gasteiger partial charge in [0, 0.05) is 25.7 Å². The number of allylic oxidation sites excluding steroid dienone is 2. The Hall–Kier alpha value is -3.08. The van der Waals surface area contributed by atoms with Crippen LogP contribution in [-0.4, -0.2) is 31.0 Å². The normalized spacial score (nSPS) is 23.3. The lowest BCUT2D eigenvalue weighted by Crippen LogP contribution is -2.17. The second-order valence-electron chi connectivity index (χ2n) is 8.55. The van der Waals surface area contributed by atoms with Crippen molar-refractivity contribution in [3.63, 3.8) is 0 Å². The van der Waals surface area contributed by atoms with E-state index in [1.165, 1.54) is 5.56 Å². The van der Waals surface area contributed by atoms with Crippen molar-refractivity contribution in [2.24, 2.45) is 0 Å². The van der Waals surface area contributed by atoms with Crippen LogP contribution < -0.4 is 4.74 Å². The van der Waals surface area contributed by atoms with Crippen LogP contribution in [0.3, 0.4) is 0 Å². The van der Waals surface area contributed by atoms with Crippen molar-refractivity contribution in [1.82, 2.24) is 0 Å². The third-order valence-electron chi connectivity index (χ3n) is 5.84. The number of carbonyl (C=O) groups excluding carboxylic acids is 2. The molecule has 2 aromatic rings. The topological polar surface area (TPSA) is 43.4 Å². The van der Waals surface area contributed by atoms with Gasteiger partial charge in [0.1, 0.15) is 18.1 Å². The highest BCUT2D eigenvalue weighted by Gasteiger charge is 2.23. The Balaban J connectivity index is 0.000000186. The predicted molar refractivity (Wildman–Crippen MR) is 128 cm³/mol. The van der Waals surface area contributed by atoms with Gasteiger partial charge < -0.3 is 4.74 Å². The molecule has 0 radical (unpaired) electrons. The van der Waals surface area contributed by atoms with E-state index >= 15 is 0 Å². The van der Waals surface area contributed by atoms with Crippen LogP contribution in [0.4, 0.5) is 8.78 Å². The number of benzene rings is 2. The Labute approximate surface area is 194 Å². The monoisotopic (exact) mass is 452 g/mol. The fraction of sp³-hybridized carbons (Fsp3) is 0.357. The summed E-state index contributed by atoms with van der Waals surface area (Å²) in [7, 11) is 1.60. The highest BCUT2D eigenvalue weighted by molar-refractivity contribution is 6.00. The van der Waals surface area contributed by atoms with Gasteiger partial charge in [-0.2, -0.15) is 0 Å². The standard InChI is InChI=1S/C14H15FO2.C14H15FO/c1-17-13-5-2-10(3-6-13)8-11-9-12(15)4-7-14(11)16;1-10-2-4-11(5-3-10)8-12-9-13(15)6-7-14(12)16/h2-3,5-6,8,12H,4,7,9H2,1H3;2-5,8,13H,6-7,9H2,1H3.